The number of anilines is 2. The van der Waals surface area contributed by atoms with Crippen LogP contribution in [0.4, 0.5) is 11.4 Å². The maximum absolute atomic E-state index is 12.0. The van der Waals surface area contributed by atoms with Gasteiger partial charge in [0.25, 0.3) is 5.91 Å². The third-order valence-electron chi connectivity index (χ3n) is 3.84. The van der Waals surface area contributed by atoms with Gasteiger partial charge in [0, 0.05) is 17.9 Å². The van der Waals surface area contributed by atoms with E-state index in [1.54, 1.807) is 31.2 Å². The quantitative estimate of drug-likeness (QED) is 0.785. The monoisotopic (exact) mass is 350 g/mol. The smallest absolute Gasteiger partial charge is 0.260 e. The van der Waals surface area contributed by atoms with Gasteiger partial charge in [-0.1, -0.05) is 5.16 Å². The Morgan fingerprint density at radius 2 is 1.88 bits per heavy atom. The molecule has 0 aliphatic carbocycles. The molecule has 24 heavy (non-hydrogen) atoms. The van der Waals surface area contributed by atoms with Gasteiger partial charge >= 0.3 is 0 Å². The van der Waals surface area contributed by atoms with Crippen molar-refractivity contribution in [2.24, 2.45) is 5.92 Å². The average molecular weight is 351 g/mol. The van der Waals surface area contributed by atoms with Crippen LogP contribution in [-0.4, -0.2) is 30.1 Å². The zero-order valence-electron chi connectivity index (χ0n) is 13.2. The fraction of sp³-hybridized carbons (Fsp3) is 0.312. The Balaban J connectivity index is 0.00000208. The van der Waals surface area contributed by atoms with Crippen LogP contribution < -0.4 is 16.0 Å². The molecule has 1 atom stereocenters. The fourth-order valence-electron chi connectivity index (χ4n) is 2.47. The van der Waals surface area contributed by atoms with Crippen LogP contribution in [0.1, 0.15) is 22.5 Å². The first kappa shape index (κ1) is 18.0. The van der Waals surface area contributed by atoms with Gasteiger partial charge in [0.2, 0.25) is 5.91 Å². The third kappa shape index (κ3) is 4.12. The minimum atomic E-state index is -0.280. The number of amides is 2. The summed E-state index contributed by atoms with van der Waals surface area (Å²) in [6, 6.07) is 7.00. The number of rotatable bonds is 4. The van der Waals surface area contributed by atoms with Crippen LogP contribution in [0.5, 0.6) is 0 Å². The molecule has 1 aliphatic heterocycles. The van der Waals surface area contributed by atoms with Gasteiger partial charge in [0.15, 0.2) is 0 Å². The van der Waals surface area contributed by atoms with Crippen molar-refractivity contribution in [3.05, 3.63) is 41.8 Å². The first-order valence-electron chi connectivity index (χ1n) is 7.48. The highest BCUT2D eigenvalue weighted by Crippen LogP contribution is 2.17. The molecule has 3 rings (SSSR count). The predicted octanol–water partition coefficient (Wildman–Crippen LogP) is 2.21. The summed E-state index contributed by atoms with van der Waals surface area (Å²) in [7, 11) is 0. The molecule has 1 aromatic carbocycles. The Bertz CT molecular complexity index is 708. The van der Waals surface area contributed by atoms with E-state index in [1.807, 2.05) is 0 Å². The molecule has 2 amide bonds. The number of hydrogen-bond acceptors (Lipinski definition) is 5. The Labute approximate surface area is 145 Å². The van der Waals surface area contributed by atoms with Crippen LogP contribution in [0.2, 0.25) is 0 Å². The van der Waals surface area contributed by atoms with Crippen molar-refractivity contribution in [2.45, 2.75) is 13.3 Å². The van der Waals surface area contributed by atoms with Crippen LogP contribution >= 0.6 is 12.4 Å². The lowest BCUT2D eigenvalue weighted by Crippen LogP contribution is -2.24. The van der Waals surface area contributed by atoms with Crippen molar-refractivity contribution in [3.63, 3.8) is 0 Å². The standard InChI is InChI=1S/C16H18N4O3.ClH/c1-10-14(9-18-23-10)16(22)20-13-4-2-12(3-5-13)19-15(21)11-6-7-17-8-11;/h2-5,9,11,17H,6-8H2,1H3,(H,19,21)(H,20,22);1H. The molecule has 0 saturated carbocycles. The molecular formula is C16H19ClN4O3. The Kier molecular flexibility index (Phi) is 5.94. The van der Waals surface area contributed by atoms with Crippen molar-refractivity contribution >= 4 is 35.6 Å². The van der Waals surface area contributed by atoms with E-state index >= 15 is 0 Å². The molecular weight excluding hydrogens is 332 g/mol. The summed E-state index contributed by atoms with van der Waals surface area (Å²) in [6.07, 6.45) is 2.24. The molecule has 2 aromatic rings. The van der Waals surface area contributed by atoms with Crippen molar-refractivity contribution in [2.75, 3.05) is 23.7 Å². The molecule has 3 N–H and O–H groups in total. The first-order chi connectivity index (χ1) is 11.1. The highest BCUT2D eigenvalue weighted by atomic mass is 35.5. The maximum Gasteiger partial charge on any atom is 0.260 e. The van der Waals surface area contributed by atoms with Gasteiger partial charge in [-0.2, -0.15) is 0 Å². The van der Waals surface area contributed by atoms with Crippen LogP contribution in [0, 0.1) is 12.8 Å². The first-order valence-corrected chi connectivity index (χ1v) is 7.48. The minimum absolute atomic E-state index is 0. The lowest BCUT2D eigenvalue weighted by atomic mass is 10.1. The molecule has 128 valence electrons. The molecule has 1 unspecified atom stereocenters. The van der Waals surface area contributed by atoms with E-state index in [0.717, 1.165) is 19.5 Å². The van der Waals surface area contributed by atoms with Gasteiger partial charge in [-0.05, 0) is 44.2 Å². The molecule has 7 nitrogen and oxygen atoms in total. The molecule has 0 spiro atoms. The number of benzene rings is 1. The van der Waals surface area contributed by atoms with Gasteiger partial charge in [0.05, 0.1) is 12.1 Å². The van der Waals surface area contributed by atoms with E-state index in [-0.39, 0.29) is 30.1 Å². The van der Waals surface area contributed by atoms with Crippen LogP contribution in [0.25, 0.3) is 0 Å². The van der Waals surface area contributed by atoms with E-state index in [4.69, 9.17) is 4.52 Å². The van der Waals surface area contributed by atoms with Crippen molar-refractivity contribution in [1.82, 2.24) is 10.5 Å². The third-order valence-corrected chi connectivity index (χ3v) is 3.84. The molecule has 0 bridgehead atoms. The fourth-order valence-corrected chi connectivity index (χ4v) is 2.47. The van der Waals surface area contributed by atoms with Crippen LogP contribution in [-0.2, 0) is 4.79 Å². The summed E-state index contributed by atoms with van der Waals surface area (Å²) < 4.78 is 4.87. The van der Waals surface area contributed by atoms with Gasteiger partial charge in [0.1, 0.15) is 11.3 Å². The number of aryl methyl sites for hydroxylation is 1. The normalized spacial score (nSPS) is 16.3. The van der Waals surface area contributed by atoms with Gasteiger partial charge in [-0.25, -0.2) is 0 Å². The second-order valence-corrected chi connectivity index (χ2v) is 5.51. The van der Waals surface area contributed by atoms with E-state index in [9.17, 15) is 9.59 Å². The van der Waals surface area contributed by atoms with Crippen molar-refractivity contribution in [3.8, 4) is 0 Å². The minimum Gasteiger partial charge on any atom is -0.361 e. The highest BCUT2D eigenvalue weighted by molar-refractivity contribution is 6.04. The lowest BCUT2D eigenvalue weighted by Gasteiger charge is -2.10. The summed E-state index contributed by atoms with van der Waals surface area (Å²) in [5, 5.41) is 12.4. The zero-order chi connectivity index (χ0) is 16.2. The number of hydrogen-bond donors (Lipinski definition) is 3. The SMILES string of the molecule is Cc1oncc1C(=O)Nc1ccc(NC(=O)C2CCNC2)cc1.Cl. The number of nitrogens with zero attached hydrogens (tertiary/aromatic N) is 1. The largest absolute Gasteiger partial charge is 0.361 e. The number of nitrogens with one attached hydrogen (secondary N) is 3. The Morgan fingerprint density at radius 3 is 2.42 bits per heavy atom. The van der Waals surface area contributed by atoms with Crippen molar-refractivity contribution < 1.29 is 14.1 Å². The molecule has 2 heterocycles. The van der Waals surface area contributed by atoms with E-state index < -0.39 is 0 Å². The lowest BCUT2D eigenvalue weighted by molar-refractivity contribution is -0.119. The van der Waals surface area contributed by atoms with Gasteiger partial charge in [-0.15, -0.1) is 12.4 Å². The number of halogens is 1. The molecule has 1 saturated heterocycles. The summed E-state index contributed by atoms with van der Waals surface area (Å²) in [6.45, 7) is 3.28. The number of aromatic nitrogens is 1. The van der Waals surface area contributed by atoms with E-state index in [0.29, 0.717) is 22.7 Å². The molecule has 1 aromatic heterocycles. The topological polar surface area (TPSA) is 96.3 Å². The molecule has 8 heteroatoms. The highest BCUT2D eigenvalue weighted by Gasteiger charge is 2.22. The molecule has 0 radical (unpaired) electrons. The van der Waals surface area contributed by atoms with Gasteiger partial charge in [-0.3, -0.25) is 9.59 Å². The van der Waals surface area contributed by atoms with E-state index in [2.05, 4.69) is 21.1 Å². The van der Waals surface area contributed by atoms with Crippen molar-refractivity contribution in [1.29, 1.82) is 0 Å². The van der Waals surface area contributed by atoms with Crippen LogP contribution in [0.3, 0.4) is 0 Å². The summed E-state index contributed by atoms with van der Waals surface area (Å²) in [4.78, 5) is 24.1. The molecule has 1 fully saturated rings. The second kappa shape index (κ2) is 7.94. The number of carbonyl (C=O) groups is 2. The summed E-state index contributed by atoms with van der Waals surface area (Å²) in [5.74, 6) is 0.229. The Morgan fingerprint density at radius 1 is 1.21 bits per heavy atom. The Hall–Kier alpha value is -2.38. The predicted molar refractivity (Wildman–Crippen MR) is 92.5 cm³/mol. The summed E-state index contributed by atoms with van der Waals surface area (Å²) in [5.41, 5.74) is 1.74. The van der Waals surface area contributed by atoms with Crippen LogP contribution in [0.15, 0.2) is 35.0 Å². The maximum atomic E-state index is 12.0. The number of carbonyl (C=O) groups excluding carboxylic acids is 2. The van der Waals surface area contributed by atoms with Gasteiger partial charge < -0.3 is 20.5 Å². The zero-order valence-corrected chi connectivity index (χ0v) is 14.0. The van der Waals surface area contributed by atoms with E-state index in [1.165, 1.54) is 6.20 Å². The molecule has 1 aliphatic rings. The summed E-state index contributed by atoms with van der Waals surface area (Å²) >= 11 is 0. The second-order valence-electron chi connectivity index (χ2n) is 5.51. The average Bonchev–Trinajstić information content (AvgIpc) is 3.20.